The van der Waals surface area contributed by atoms with E-state index in [9.17, 15) is 18.7 Å². The topological polar surface area (TPSA) is 70.6 Å². The summed E-state index contributed by atoms with van der Waals surface area (Å²) in [5.74, 6) is -2.36. The van der Waals surface area contributed by atoms with Crippen molar-refractivity contribution >= 4 is 23.1 Å². The number of thiophene rings is 1. The summed E-state index contributed by atoms with van der Waals surface area (Å²) in [6, 6.07) is 4.74. The van der Waals surface area contributed by atoms with Crippen molar-refractivity contribution < 1.29 is 23.4 Å². The molecule has 0 spiro atoms. The minimum atomic E-state index is -1.23. The molecule has 0 aliphatic heterocycles. The van der Waals surface area contributed by atoms with Gasteiger partial charge < -0.3 is 20.5 Å². The van der Waals surface area contributed by atoms with Crippen LogP contribution in [0, 0.1) is 11.6 Å². The summed E-state index contributed by atoms with van der Waals surface area (Å²) in [6.07, 6.45) is 0. The molecule has 1 atom stereocenters. The third-order valence-corrected chi connectivity index (χ3v) is 4.23. The summed E-state index contributed by atoms with van der Waals surface area (Å²) in [5, 5.41) is 16.8. The average Bonchev–Trinajstić information content (AvgIpc) is 3.00. The number of halogens is 2. The van der Waals surface area contributed by atoms with Crippen LogP contribution in [0.2, 0.25) is 0 Å². The predicted molar refractivity (Wildman–Crippen MR) is 83.8 cm³/mol. The van der Waals surface area contributed by atoms with Gasteiger partial charge in [-0.05, 0) is 18.4 Å². The van der Waals surface area contributed by atoms with Crippen LogP contribution < -0.4 is 15.4 Å². The molecule has 1 unspecified atom stereocenters. The highest BCUT2D eigenvalue weighted by Gasteiger charge is 2.25. The van der Waals surface area contributed by atoms with Gasteiger partial charge in [-0.3, -0.25) is 0 Å². The van der Waals surface area contributed by atoms with Gasteiger partial charge in [-0.15, -0.1) is 11.3 Å². The number of carbonyl (C=O) groups is 1. The van der Waals surface area contributed by atoms with Crippen molar-refractivity contribution in [1.82, 2.24) is 5.32 Å². The highest BCUT2D eigenvalue weighted by molar-refractivity contribution is 7.10. The van der Waals surface area contributed by atoms with E-state index < -0.39 is 29.0 Å². The van der Waals surface area contributed by atoms with Gasteiger partial charge >= 0.3 is 6.03 Å². The van der Waals surface area contributed by atoms with Crippen LogP contribution >= 0.6 is 11.3 Å². The van der Waals surface area contributed by atoms with Crippen LogP contribution in [0.15, 0.2) is 29.6 Å². The molecule has 3 N–H and O–H groups in total. The van der Waals surface area contributed by atoms with E-state index in [0.29, 0.717) is 4.88 Å². The molecule has 2 rings (SSSR count). The minimum Gasteiger partial charge on any atom is -0.491 e. The number of hydrogen-bond acceptors (Lipinski definition) is 4. The number of benzene rings is 1. The smallest absolute Gasteiger partial charge is 0.319 e. The van der Waals surface area contributed by atoms with E-state index in [4.69, 9.17) is 0 Å². The second-order valence-corrected chi connectivity index (χ2v) is 5.98. The fourth-order valence-electron chi connectivity index (χ4n) is 1.93. The van der Waals surface area contributed by atoms with Gasteiger partial charge in [0.05, 0.1) is 13.7 Å². The first-order valence-corrected chi connectivity index (χ1v) is 7.55. The molecule has 2 amide bonds. The molecule has 0 aliphatic carbocycles. The summed E-state index contributed by atoms with van der Waals surface area (Å²) in [7, 11) is 1.15. The molecule has 2 aromatic rings. The molecule has 1 heterocycles. The molecule has 1 aromatic carbocycles. The maximum absolute atomic E-state index is 13.5. The van der Waals surface area contributed by atoms with Crippen LogP contribution in [0.25, 0.3) is 0 Å². The van der Waals surface area contributed by atoms with Crippen molar-refractivity contribution in [2.75, 3.05) is 19.0 Å². The molecule has 0 bridgehead atoms. The Bertz CT molecular complexity index is 667. The number of ether oxygens (including phenoxy) is 1. The van der Waals surface area contributed by atoms with Crippen LogP contribution in [0.1, 0.15) is 11.8 Å². The van der Waals surface area contributed by atoms with E-state index in [0.717, 1.165) is 19.2 Å². The Labute approximate surface area is 135 Å². The molecule has 0 radical (unpaired) electrons. The Morgan fingerprint density at radius 1 is 1.39 bits per heavy atom. The first-order chi connectivity index (χ1) is 10.8. The fraction of sp³-hybridized carbons (Fsp3) is 0.267. The van der Waals surface area contributed by atoms with Crippen LogP contribution in [-0.2, 0) is 5.60 Å². The molecule has 8 heteroatoms. The maximum atomic E-state index is 13.5. The lowest BCUT2D eigenvalue weighted by Crippen LogP contribution is -2.40. The summed E-state index contributed by atoms with van der Waals surface area (Å²) in [6.45, 7) is 1.51. The fourth-order valence-corrected chi connectivity index (χ4v) is 2.71. The summed E-state index contributed by atoms with van der Waals surface area (Å²) in [4.78, 5) is 12.5. The Morgan fingerprint density at radius 2 is 2.04 bits per heavy atom. The van der Waals surface area contributed by atoms with Crippen molar-refractivity contribution in [1.29, 1.82) is 0 Å². The van der Waals surface area contributed by atoms with E-state index >= 15 is 0 Å². The highest BCUT2D eigenvalue weighted by Crippen LogP contribution is 2.26. The zero-order valence-corrected chi connectivity index (χ0v) is 13.3. The predicted octanol–water partition coefficient (Wildman–Crippen LogP) is 3.06. The third kappa shape index (κ3) is 4.17. The molecule has 1 aromatic heterocycles. The number of methoxy groups -OCH3 is 1. The minimum absolute atomic E-state index is 0.0551. The third-order valence-electron chi connectivity index (χ3n) is 3.11. The van der Waals surface area contributed by atoms with Crippen molar-refractivity contribution in [2.24, 2.45) is 0 Å². The van der Waals surface area contributed by atoms with Gasteiger partial charge in [-0.25, -0.2) is 13.6 Å². The second-order valence-electron chi connectivity index (χ2n) is 5.03. The normalized spacial score (nSPS) is 13.3. The largest absolute Gasteiger partial charge is 0.491 e. The van der Waals surface area contributed by atoms with E-state index in [-0.39, 0.29) is 12.2 Å². The number of nitrogens with one attached hydrogen (secondary N) is 2. The number of urea groups is 1. The zero-order chi connectivity index (χ0) is 17.0. The molecule has 0 fully saturated rings. The molecule has 5 nitrogen and oxygen atoms in total. The molecule has 23 heavy (non-hydrogen) atoms. The van der Waals surface area contributed by atoms with Gasteiger partial charge in [0.15, 0.2) is 17.4 Å². The second kappa shape index (κ2) is 6.93. The summed E-state index contributed by atoms with van der Waals surface area (Å²) < 4.78 is 31.7. The highest BCUT2D eigenvalue weighted by atomic mass is 32.1. The molecule has 0 saturated heterocycles. The quantitative estimate of drug-likeness (QED) is 0.782. The Morgan fingerprint density at radius 3 is 2.57 bits per heavy atom. The number of amides is 2. The van der Waals surface area contributed by atoms with Crippen molar-refractivity contribution in [3.05, 3.63) is 46.2 Å². The summed E-state index contributed by atoms with van der Waals surface area (Å²) in [5.41, 5.74) is -1.30. The SMILES string of the molecule is COc1c(F)cc(NC(=O)NCC(C)(O)c2cccs2)cc1F. The van der Waals surface area contributed by atoms with E-state index in [1.54, 1.807) is 19.1 Å². The summed E-state index contributed by atoms with van der Waals surface area (Å²) >= 11 is 1.36. The molecule has 0 aliphatic rings. The first kappa shape index (κ1) is 17.2. The Balaban J connectivity index is 1.98. The van der Waals surface area contributed by atoms with Gasteiger partial charge in [-0.2, -0.15) is 0 Å². The van der Waals surface area contributed by atoms with Gasteiger partial charge in [0.25, 0.3) is 0 Å². The maximum Gasteiger partial charge on any atom is 0.319 e. The number of carbonyl (C=O) groups excluding carboxylic acids is 1. The van der Waals surface area contributed by atoms with Crippen LogP contribution in [0.4, 0.5) is 19.3 Å². The molecular weight excluding hydrogens is 326 g/mol. The standard InChI is InChI=1S/C15H16F2N2O3S/c1-15(21,12-4-3-5-23-12)8-18-14(20)19-9-6-10(16)13(22-2)11(17)7-9/h3-7,21H,8H2,1-2H3,(H2,18,19,20). The van der Waals surface area contributed by atoms with Crippen LogP contribution in [0.5, 0.6) is 5.75 Å². The number of hydrogen-bond donors (Lipinski definition) is 3. The Kier molecular flexibility index (Phi) is 5.17. The van der Waals surface area contributed by atoms with E-state index in [2.05, 4.69) is 15.4 Å². The molecular formula is C15H16F2N2O3S. The zero-order valence-electron chi connectivity index (χ0n) is 12.5. The van der Waals surface area contributed by atoms with Crippen molar-refractivity contribution in [3.63, 3.8) is 0 Å². The first-order valence-electron chi connectivity index (χ1n) is 6.68. The van der Waals surface area contributed by atoms with Gasteiger partial charge in [0, 0.05) is 22.7 Å². The monoisotopic (exact) mass is 342 g/mol. The molecule has 0 saturated carbocycles. The van der Waals surface area contributed by atoms with Crippen molar-refractivity contribution in [3.8, 4) is 5.75 Å². The van der Waals surface area contributed by atoms with E-state index in [1.165, 1.54) is 11.3 Å². The number of rotatable bonds is 5. The van der Waals surface area contributed by atoms with Crippen molar-refractivity contribution in [2.45, 2.75) is 12.5 Å². The van der Waals surface area contributed by atoms with Gasteiger partial charge in [0.1, 0.15) is 5.60 Å². The lowest BCUT2D eigenvalue weighted by molar-refractivity contribution is 0.0637. The van der Waals surface area contributed by atoms with E-state index in [1.807, 2.05) is 5.38 Å². The van der Waals surface area contributed by atoms with Gasteiger partial charge in [0.2, 0.25) is 0 Å². The Hall–Kier alpha value is -2.19. The molecule has 124 valence electrons. The van der Waals surface area contributed by atoms with Crippen LogP contribution in [0.3, 0.4) is 0 Å². The van der Waals surface area contributed by atoms with Gasteiger partial charge in [-0.1, -0.05) is 6.07 Å². The number of aliphatic hydroxyl groups is 1. The van der Waals surface area contributed by atoms with Crippen LogP contribution in [-0.4, -0.2) is 24.8 Å². The average molecular weight is 342 g/mol. The number of anilines is 1. The lowest BCUT2D eigenvalue weighted by atomic mass is 10.1. The lowest BCUT2D eigenvalue weighted by Gasteiger charge is -2.22.